The van der Waals surface area contributed by atoms with Crippen LogP contribution < -0.4 is 5.73 Å². The number of benzene rings is 1. The summed E-state index contributed by atoms with van der Waals surface area (Å²) in [6, 6.07) is 6.33. The minimum absolute atomic E-state index is 0.0478. The fourth-order valence-corrected chi connectivity index (χ4v) is 1.79. The first-order valence-corrected chi connectivity index (χ1v) is 5.51. The molecule has 2 aromatic rings. The van der Waals surface area contributed by atoms with Crippen LogP contribution in [0.2, 0.25) is 0 Å². The Labute approximate surface area is 104 Å². The molecule has 18 heavy (non-hydrogen) atoms. The highest BCUT2D eigenvalue weighted by Crippen LogP contribution is 2.17. The van der Waals surface area contributed by atoms with Crippen LogP contribution in [0.4, 0.5) is 10.1 Å². The second-order valence-electron chi connectivity index (χ2n) is 4.17. The Morgan fingerprint density at radius 3 is 2.67 bits per heavy atom. The van der Waals surface area contributed by atoms with Gasteiger partial charge in [-0.3, -0.25) is 4.68 Å². The van der Waals surface area contributed by atoms with E-state index >= 15 is 0 Å². The molecule has 0 spiro atoms. The van der Waals surface area contributed by atoms with Gasteiger partial charge in [0.15, 0.2) is 0 Å². The molecule has 1 aromatic carbocycles. The Morgan fingerprint density at radius 1 is 1.44 bits per heavy atom. The molecule has 0 aliphatic rings. The van der Waals surface area contributed by atoms with E-state index in [4.69, 9.17) is 11.0 Å². The summed E-state index contributed by atoms with van der Waals surface area (Å²) in [7, 11) is 0. The first kappa shape index (κ1) is 12.1. The number of nitrogens with zero attached hydrogens (tertiary/aromatic N) is 3. The van der Waals surface area contributed by atoms with Crippen molar-refractivity contribution in [3.05, 3.63) is 46.5 Å². The Hall–Kier alpha value is -2.35. The van der Waals surface area contributed by atoms with Gasteiger partial charge < -0.3 is 5.73 Å². The van der Waals surface area contributed by atoms with Gasteiger partial charge in [0.2, 0.25) is 0 Å². The van der Waals surface area contributed by atoms with Crippen molar-refractivity contribution in [2.24, 2.45) is 0 Å². The quantitative estimate of drug-likeness (QED) is 0.880. The average molecular weight is 244 g/mol. The first-order chi connectivity index (χ1) is 8.52. The monoisotopic (exact) mass is 244 g/mol. The van der Waals surface area contributed by atoms with Crippen LogP contribution in [0.1, 0.15) is 22.5 Å². The Balaban J connectivity index is 2.32. The maximum atomic E-state index is 13.5. The van der Waals surface area contributed by atoms with Crippen LogP contribution in [-0.2, 0) is 6.54 Å². The molecule has 0 saturated heterocycles. The van der Waals surface area contributed by atoms with Gasteiger partial charge in [0.05, 0.1) is 29.2 Å². The SMILES string of the molecule is Cc1nn(Cc2ccc(C#N)c(F)c2)c(C)c1N. The minimum atomic E-state index is -0.510. The summed E-state index contributed by atoms with van der Waals surface area (Å²) >= 11 is 0. The van der Waals surface area contributed by atoms with Crippen molar-refractivity contribution in [2.45, 2.75) is 20.4 Å². The summed E-state index contributed by atoms with van der Waals surface area (Å²) in [4.78, 5) is 0. The van der Waals surface area contributed by atoms with Crippen LogP contribution in [0.3, 0.4) is 0 Å². The third kappa shape index (κ3) is 2.05. The molecule has 5 heteroatoms. The average Bonchev–Trinajstić information content (AvgIpc) is 2.57. The van der Waals surface area contributed by atoms with E-state index in [1.165, 1.54) is 12.1 Å². The van der Waals surface area contributed by atoms with Gasteiger partial charge in [-0.05, 0) is 31.5 Å². The highest BCUT2D eigenvalue weighted by molar-refractivity contribution is 5.47. The predicted octanol–water partition coefficient (Wildman–Crippen LogP) is 2.14. The summed E-state index contributed by atoms with van der Waals surface area (Å²) in [5.41, 5.74) is 8.91. The van der Waals surface area contributed by atoms with Gasteiger partial charge in [0.25, 0.3) is 0 Å². The lowest BCUT2D eigenvalue weighted by Crippen LogP contribution is -2.05. The normalized spacial score (nSPS) is 10.3. The van der Waals surface area contributed by atoms with Crippen LogP contribution >= 0.6 is 0 Å². The summed E-state index contributed by atoms with van der Waals surface area (Å²) in [6.45, 7) is 4.14. The summed E-state index contributed by atoms with van der Waals surface area (Å²) < 4.78 is 15.2. The number of anilines is 1. The van der Waals surface area contributed by atoms with E-state index in [0.29, 0.717) is 12.2 Å². The number of halogens is 1. The van der Waals surface area contributed by atoms with Crippen LogP contribution in [0.15, 0.2) is 18.2 Å². The lowest BCUT2D eigenvalue weighted by Gasteiger charge is -2.05. The molecule has 0 bridgehead atoms. The Kier molecular flexibility index (Phi) is 3.02. The molecule has 4 nitrogen and oxygen atoms in total. The molecular weight excluding hydrogens is 231 g/mol. The Bertz CT molecular complexity index is 637. The topological polar surface area (TPSA) is 67.6 Å². The number of hydrogen-bond acceptors (Lipinski definition) is 3. The molecule has 0 amide bonds. The van der Waals surface area contributed by atoms with Gasteiger partial charge in [0, 0.05) is 0 Å². The maximum absolute atomic E-state index is 13.5. The van der Waals surface area contributed by atoms with Gasteiger partial charge in [0.1, 0.15) is 11.9 Å². The molecule has 2 N–H and O–H groups in total. The van der Waals surface area contributed by atoms with Crippen molar-refractivity contribution >= 4 is 5.69 Å². The van der Waals surface area contributed by atoms with Crippen molar-refractivity contribution in [3.63, 3.8) is 0 Å². The third-order valence-corrected chi connectivity index (χ3v) is 2.92. The molecule has 0 aliphatic heterocycles. The summed E-state index contributed by atoms with van der Waals surface area (Å²) in [5, 5.41) is 12.9. The molecule has 92 valence electrons. The van der Waals surface area contributed by atoms with Crippen molar-refractivity contribution in [2.75, 3.05) is 5.73 Å². The zero-order valence-electron chi connectivity index (χ0n) is 10.2. The number of nitrogen functional groups attached to an aromatic ring is 1. The predicted molar refractivity (Wildman–Crippen MR) is 66.3 cm³/mol. The fourth-order valence-electron chi connectivity index (χ4n) is 1.79. The molecule has 2 rings (SSSR count). The zero-order chi connectivity index (χ0) is 13.3. The van der Waals surface area contributed by atoms with E-state index in [0.717, 1.165) is 17.0 Å². The molecule has 1 heterocycles. The smallest absolute Gasteiger partial charge is 0.141 e. The minimum Gasteiger partial charge on any atom is -0.396 e. The number of hydrogen-bond donors (Lipinski definition) is 1. The molecule has 0 atom stereocenters. The third-order valence-electron chi connectivity index (χ3n) is 2.92. The molecule has 0 saturated carbocycles. The van der Waals surface area contributed by atoms with Crippen molar-refractivity contribution in [1.29, 1.82) is 5.26 Å². The number of aromatic nitrogens is 2. The Morgan fingerprint density at radius 2 is 2.17 bits per heavy atom. The van der Waals surface area contributed by atoms with E-state index in [2.05, 4.69) is 5.10 Å². The maximum Gasteiger partial charge on any atom is 0.141 e. The second-order valence-corrected chi connectivity index (χ2v) is 4.17. The van der Waals surface area contributed by atoms with Gasteiger partial charge >= 0.3 is 0 Å². The highest BCUT2D eigenvalue weighted by atomic mass is 19.1. The largest absolute Gasteiger partial charge is 0.396 e. The van der Waals surface area contributed by atoms with Gasteiger partial charge in [-0.15, -0.1) is 0 Å². The molecular formula is C13H13FN4. The van der Waals surface area contributed by atoms with Crippen molar-refractivity contribution in [3.8, 4) is 6.07 Å². The van der Waals surface area contributed by atoms with E-state index in [-0.39, 0.29) is 5.56 Å². The standard InChI is InChI=1S/C13H13FN4/c1-8-13(16)9(2)18(17-8)7-10-3-4-11(6-15)12(14)5-10/h3-5H,7,16H2,1-2H3. The molecule has 0 unspecified atom stereocenters. The first-order valence-electron chi connectivity index (χ1n) is 5.51. The lowest BCUT2D eigenvalue weighted by molar-refractivity contribution is 0.612. The van der Waals surface area contributed by atoms with Gasteiger partial charge in [-0.2, -0.15) is 10.4 Å². The highest BCUT2D eigenvalue weighted by Gasteiger charge is 2.09. The summed E-state index contributed by atoms with van der Waals surface area (Å²) in [5.74, 6) is -0.510. The lowest BCUT2D eigenvalue weighted by atomic mass is 10.1. The van der Waals surface area contributed by atoms with E-state index < -0.39 is 5.82 Å². The molecule has 0 aliphatic carbocycles. The van der Waals surface area contributed by atoms with E-state index in [9.17, 15) is 4.39 Å². The van der Waals surface area contributed by atoms with Crippen LogP contribution in [0.25, 0.3) is 0 Å². The van der Waals surface area contributed by atoms with Crippen molar-refractivity contribution < 1.29 is 4.39 Å². The van der Waals surface area contributed by atoms with Gasteiger partial charge in [-0.25, -0.2) is 4.39 Å². The molecule has 0 radical (unpaired) electrons. The molecule has 1 aromatic heterocycles. The van der Waals surface area contributed by atoms with Crippen LogP contribution in [0, 0.1) is 31.0 Å². The van der Waals surface area contributed by atoms with E-state index in [1.807, 2.05) is 13.8 Å². The number of nitrogens with two attached hydrogens (primary N) is 1. The fraction of sp³-hybridized carbons (Fsp3) is 0.231. The van der Waals surface area contributed by atoms with E-state index in [1.54, 1.807) is 16.8 Å². The van der Waals surface area contributed by atoms with Gasteiger partial charge in [-0.1, -0.05) is 6.07 Å². The van der Waals surface area contributed by atoms with Crippen molar-refractivity contribution in [1.82, 2.24) is 9.78 Å². The van der Waals surface area contributed by atoms with Crippen LogP contribution in [0.5, 0.6) is 0 Å². The number of nitriles is 1. The summed E-state index contributed by atoms with van der Waals surface area (Å²) in [6.07, 6.45) is 0. The zero-order valence-corrected chi connectivity index (χ0v) is 10.2. The second kappa shape index (κ2) is 4.49. The number of aryl methyl sites for hydroxylation is 1. The molecule has 0 fully saturated rings. The number of rotatable bonds is 2. The van der Waals surface area contributed by atoms with Crippen LogP contribution in [-0.4, -0.2) is 9.78 Å².